The Morgan fingerprint density at radius 2 is 1.70 bits per heavy atom. The summed E-state index contributed by atoms with van der Waals surface area (Å²) in [6, 6.07) is 13.5. The Kier molecular flexibility index (Phi) is 3.46. The molecular weight excluding hydrogens is 255 g/mol. The van der Waals surface area contributed by atoms with E-state index in [9.17, 15) is 4.39 Å². The Hall–Kier alpha value is -2.23. The predicted octanol–water partition coefficient (Wildman–Crippen LogP) is 3.46. The van der Waals surface area contributed by atoms with E-state index in [4.69, 9.17) is 4.74 Å². The highest BCUT2D eigenvalue weighted by Crippen LogP contribution is 2.33. The second kappa shape index (κ2) is 5.41. The summed E-state index contributed by atoms with van der Waals surface area (Å²) in [6.45, 7) is 1.58. The van der Waals surface area contributed by atoms with Crippen LogP contribution in [0.3, 0.4) is 0 Å². The first kappa shape index (κ1) is 12.8. The number of anilines is 2. The van der Waals surface area contributed by atoms with Crippen molar-refractivity contribution < 1.29 is 9.13 Å². The fourth-order valence-corrected chi connectivity index (χ4v) is 2.50. The average Bonchev–Trinajstić information content (AvgIpc) is 2.69. The Labute approximate surface area is 117 Å². The average molecular weight is 272 g/mol. The third-order valence-electron chi connectivity index (χ3n) is 3.64. The highest BCUT2D eigenvalue weighted by atomic mass is 19.1. The van der Waals surface area contributed by atoms with Crippen LogP contribution in [0.2, 0.25) is 0 Å². The SMILES string of the molecule is COc1cc2c(cc1F)NCC(c1ccccc1)CN2. The van der Waals surface area contributed by atoms with E-state index in [0.29, 0.717) is 5.92 Å². The number of ether oxygens (including phenoxy) is 1. The van der Waals surface area contributed by atoms with Crippen molar-refractivity contribution in [2.24, 2.45) is 0 Å². The molecule has 104 valence electrons. The Morgan fingerprint density at radius 1 is 1.05 bits per heavy atom. The first-order valence-corrected chi connectivity index (χ1v) is 6.68. The number of nitrogens with one attached hydrogen (secondary N) is 2. The van der Waals surface area contributed by atoms with E-state index in [-0.39, 0.29) is 11.6 Å². The standard InChI is InChI=1S/C16H17FN2O/c1-20-16-8-15-14(7-13(16)17)18-9-12(10-19-15)11-5-3-2-4-6-11/h2-8,12,18-19H,9-10H2,1H3. The van der Waals surface area contributed by atoms with Gasteiger partial charge in [-0.2, -0.15) is 0 Å². The van der Waals surface area contributed by atoms with Crippen LogP contribution < -0.4 is 15.4 Å². The molecule has 0 spiro atoms. The minimum Gasteiger partial charge on any atom is -0.494 e. The summed E-state index contributed by atoms with van der Waals surface area (Å²) >= 11 is 0. The van der Waals surface area contributed by atoms with Gasteiger partial charge in [0.05, 0.1) is 18.5 Å². The third-order valence-corrected chi connectivity index (χ3v) is 3.64. The zero-order valence-electron chi connectivity index (χ0n) is 11.3. The third kappa shape index (κ3) is 2.41. The van der Waals surface area contributed by atoms with Crippen molar-refractivity contribution in [3.05, 3.63) is 53.8 Å². The van der Waals surface area contributed by atoms with Crippen LogP contribution in [0.25, 0.3) is 0 Å². The lowest BCUT2D eigenvalue weighted by molar-refractivity contribution is 0.387. The quantitative estimate of drug-likeness (QED) is 0.878. The van der Waals surface area contributed by atoms with Crippen molar-refractivity contribution in [3.63, 3.8) is 0 Å². The minimum atomic E-state index is -0.348. The van der Waals surface area contributed by atoms with E-state index in [1.54, 1.807) is 6.07 Å². The zero-order chi connectivity index (χ0) is 13.9. The van der Waals surface area contributed by atoms with Crippen LogP contribution in [-0.4, -0.2) is 20.2 Å². The Morgan fingerprint density at radius 3 is 2.35 bits per heavy atom. The lowest BCUT2D eigenvalue weighted by atomic mass is 9.99. The molecule has 2 N–H and O–H groups in total. The first-order valence-electron chi connectivity index (χ1n) is 6.68. The second-order valence-electron chi connectivity index (χ2n) is 4.90. The topological polar surface area (TPSA) is 33.3 Å². The monoisotopic (exact) mass is 272 g/mol. The van der Waals surface area contributed by atoms with Gasteiger partial charge in [-0.1, -0.05) is 30.3 Å². The molecule has 4 heteroatoms. The van der Waals surface area contributed by atoms with Crippen molar-refractivity contribution in [3.8, 4) is 5.75 Å². The van der Waals surface area contributed by atoms with Gasteiger partial charge in [0.15, 0.2) is 11.6 Å². The van der Waals surface area contributed by atoms with Crippen molar-refractivity contribution >= 4 is 11.4 Å². The minimum absolute atomic E-state index is 0.260. The second-order valence-corrected chi connectivity index (χ2v) is 4.90. The van der Waals surface area contributed by atoms with Crippen LogP contribution in [0.15, 0.2) is 42.5 Å². The van der Waals surface area contributed by atoms with Crippen LogP contribution in [0.5, 0.6) is 5.75 Å². The lowest BCUT2D eigenvalue weighted by Crippen LogP contribution is -2.16. The molecule has 0 aliphatic carbocycles. The van der Waals surface area contributed by atoms with Crippen molar-refractivity contribution in [1.82, 2.24) is 0 Å². The maximum absolute atomic E-state index is 13.7. The zero-order valence-corrected chi connectivity index (χ0v) is 11.3. The molecule has 1 atom stereocenters. The molecule has 20 heavy (non-hydrogen) atoms. The molecule has 0 aromatic heterocycles. The molecular formula is C16H17FN2O. The summed E-state index contributed by atoms with van der Waals surface area (Å²) in [4.78, 5) is 0. The summed E-state index contributed by atoms with van der Waals surface area (Å²) in [5.74, 6) is 0.257. The van der Waals surface area contributed by atoms with Gasteiger partial charge in [-0.05, 0) is 5.56 Å². The molecule has 1 aliphatic heterocycles. The molecule has 3 rings (SSSR count). The van der Waals surface area contributed by atoms with E-state index in [2.05, 4.69) is 22.8 Å². The first-order chi connectivity index (χ1) is 9.78. The van der Waals surface area contributed by atoms with Crippen molar-refractivity contribution in [1.29, 1.82) is 0 Å². The summed E-state index contributed by atoms with van der Waals surface area (Å²) in [5.41, 5.74) is 2.93. The van der Waals surface area contributed by atoms with E-state index in [1.807, 2.05) is 18.2 Å². The van der Waals surface area contributed by atoms with Crippen LogP contribution in [-0.2, 0) is 0 Å². The molecule has 1 unspecified atom stereocenters. The number of rotatable bonds is 2. The molecule has 1 heterocycles. The molecule has 0 amide bonds. The molecule has 3 nitrogen and oxygen atoms in total. The van der Waals surface area contributed by atoms with E-state index in [1.165, 1.54) is 18.7 Å². The summed E-state index contributed by atoms with van der Waals surface area (Å²) in [7, 11) is 1.47. The number of benzene rings is 2. The molecule has 0 saturated carbocycles. The van der Waals surface area contributed by atoms with Crippen LogP contribution in [0.1, 0.15) is 11.5 Å². The van der Waals surface area contributed by atoms with Gasteiger partial charge in [-0.25, -0.2) is 4.39 Å². The van der Waals surface area contributed by atoms with Gasteiger partial charge in [0, 0.05) is 31.1 Å². The molecule has 0 bridgehead atoms. The highest BCUT2D eigenvalue weighted by molar-refractivity contribution is 5.72. The van der Waals surface area contributed by atoms with Gasteiger partial charge in [0.1, 0.15) is 0 Å². The molecule has 2 aromatic carbocycles. The maximum atomic E-state index is 13.7. The highest BCUT2D eigenvalue weighted by Gasteiger charge is 2.18. The predicted molar refractivity (Wildman–Crippen MR) is 79.1 cm³/mol. The number of hydrogen-bond acceptors (Lipinski definition) is 3. The lowest BCUT2D eigenvalue weighted by Gasteiger charge is -2.14. The normalized spacial score (nSPS) is 17.4. The molecule has 1 aliphatic rings. The fraction of sp³-hybridized carbons (Fsp3) is 0.250. The van der Waals surface area contributed by atoms with E-state index >= 15 is 0 Å². The van der Waals surface area contributed by atoms with Crippen LogP contribution in [0.4, 0.5) is 15.8 Å². The van der Waals surface area contributed by atoms with Gasteiger partial charge in [-0.3, -0.25) is 0 Å². The molecule has 0 fully saturated rings. The number of halogens is 1. The van der Waals surface area contributed by atoms with Gasteiger partial charge >= 0.3 is 0 Å². The maximum Gasteiger partial charge on any atom is 0.167 e. The van der Waals surface area contributed by atoms with Gasteiger partial charge in [-0.15, -0.1) is 0 Å². The van der Waals surface area contributed by atoms with E-state index in [0.717, 1.165) is 24.5 Å². The summed E-state index contributed by atoms with van der Waals surface area (Å²) in [5, 5.41) is 6.67. The fourth-order valence-electron chi connectivity index (χ4n) is 2.50. The van der Waals surface area contributed by atoms with Gasteiger partial charge < -0.3 is 15.4 Å². The van der Waals surface area contributed by atoms with E-state index < -0.39 is 0 Å². The van der Waals surface area contributed by atoms with Crippen LogP contribution in [0, 0.1) is 5.82 Å². The number of hydrogen-bond donors (Lipinski definition) is 2. The van der Waals surface area contributed by atoms with Gasteiger partial charge in [0.2, 0.25) is 0 Å². The molecule has 2 aromatic rings. The summed E-state index contributed by atoms with van der Waals surface area (Å²) < 4.78 is 18.8. The van der Waals surface area contributed by atoms with Crippen LogP contribution >= 0.6 is 0 Å². The van der Waals surface area contributed by atoms with Crippen molar-refractivity contribution in [2.45, 2.75) is 5.92 Å². The van der Waals surface area contributed by atoms with Gasteiger partial charge in [0.25, 0.3) is 0 Å². The Bertz CT molecular complexity index is 601. The number of fused-ring (bicyclic) bond motifs is 1. The smallest absolute Gasteiger partial charge is 0.167 e. The molecule has 0 saturated heterocycles. The number of methoxy groups -OCH3 is 1. The molecule has 0 radical (unpaired) electrons. The summed E-state index contributed by atoms with van der Waals surface area (Å²) in [6.07, 6.45) is 0. The largest absolute Gasteiger partial charge is 0.494 e. The Balaban J connectivity index is 1.85. The van der Waals surface area contributed by atoms with Crippen molar-refractivity contribution in [2.75, 3.05) is 30.8 Å².